The molecule has 0 spiro atoms. The second-order valence-electron chi connectivity index (χ2n) is 7.20. The molecule has 1 fully saturated rings. The van der Waals surface area contributed by atoms with Gasteiger partial charge in [-0.3, -0.25) is 0 Å². The lowest BCUT2D eigenvalue weighted by Gasteiger charge is -2.17. The number of rotatable bonds is 4. The molecule has 1 aliphatic rings. The summed E-state index contributed by atoms with van der Waals surface area (Å²) in [5.41, 5.74) is 1.59. The summed E-state index contributed by atoms with van der Waals surface area (Å²) in [5.74, 6) is 0.543. The third kappa shape index (κ3) is 2.75. The summed E-state index contributed by atoms with van der Waals surface area (Å²) in [6.07, 6.45) is 3.19. The van der Waals surface area contributed by atoms with Crippen molar-refractivity contribution in [2.75, 3.05) is 13.1 Å². The van der Waals surface area contributed by atoms with Gasteiger partial charge in [0.25, 0.3) is 10.0 Å². The summed E-state index contributed by atoms with van der Waals surface area (Å²) in [6.45, 7) is 3.30. The van der Waals surface area contributed by atoms with Crippen molar-refractivity contribution in [3.05, 3.63) is 48.5 Å². The summed E-state index contributed by atoms with van der Waals surface area (Å²) in [4.78, 5) is 9.07. The second-order valence-corrected chi connectivity index (χ2v) is 8.96. The Morgan fingerprint density at radius 1 is 1.24 bits per heavy atom. The van der Waals surface area contributed by atoms with E-state index in [1.165, 1.54) is 18.3 Å². The topological polar surface area (TPSA) is 115 Å². The summed E-state index contributed by atoms with van der Waals surface area (Å²) < 4.78 is 29.1. The average molecular weight is 412 g/mol. The lowest BCUT2D eigenvalue weighted by Crippen LogP contribution is -2.17. The maximum Gasteiger partial charge on any atom is 0.284 e. The van der Waals surface area contributed by atoms with Crippen LogP contribution in [0.5, 0.6) is 0 Å². The first-order valence-corrected chi connectivity index (χ1v) is 10.9. The number of aliphatic hydroxyl groups excluding tert-OH is 1. The number of aromatic nitrogens is 5. The van der Waals surface area contributed by atoms with Crippen LogP contribution < -0.4 is 5.32 Å². The van der Waals surface area contributed by atoms with E-state index in [4.69, 9.17) is 0 Å². The summed E-state index contributed by atoms with van der Waals surface area (Å²) in [5, 5.41) is 18.4. The Kier molecular flexibility index (Phi) is 4.16. The Balaban J connectivity index is 1.79. The fourth-order valence-electron chi connectivity index (χ4n) is 3.95. The van der Waals surface area contributed by atoms with E-state index in [0.29, 0.717) is 16.7 Å². The van der Waals surface area contributed by atoms with Crippen molar-refractivity contribution in [1.29, 1.82) is 0 Å². The van der Waals surface area contributed by atoms with Crippen LogP contribution in [0.15, 0.2) is 47.6 Å². The maximum absolute atomic E-state index is 13.1. The molecule has 5 rings (SSSR count). The molecule has 1 unspecified atom stereocenters. The van der Waals surface area contributed by atoms with E-state index >= 15 is 0 Å². The van der Waals surface area contributed by atoms with Gasteiger partial charge < -0.3 is 15.0 Å². The first kappa shape index (κ1) is 18.2. The number of hydrogen-bond acceptors (Lipinski definition) is 7. The normalized spacial score (nSPS) is 18.6. The Labute approximate surface area is 167 Å². The van der Waals surface area contributed by atoms with Crippen LogP contribution >= 0.6 is 0 Å². The molecule has 0 saturated carbocycles. The van der Waals surface area contributed by atoms with E-state index in [0.717, 1.165) is 29.1 Å². The summed E-state index contributed by atoms with van der Waals surface area (Å²) in [7, 11) is -3.88. The molecular formula is C19H20N6O3S. The molecule has 10 heteroatoms. The van der Waals surface area contributed by atoms with Crippen molar-refractivity contribution < 1.29 is 13.5 Å². The minimum absolute atomic E-state index is 0.115. The predicted molar refractivity (Wildman–Crippen MR) is 107 cm³/mol. The van der Waals surface area contributed by atoms with Crippen LogP contribution in [0.2, 0.25) is 0 Å². The third-order valence-corrected chi connectivity index (χ3v) is 6.88. The lowest BCUT2D eigenvalue weighted by molar-refractivity contribution is 0.182. The Morgan fingerprint density at radius 2 is 2.03 bits per heavy atom. The van der Waals surface area contributed by atoms with Crippen molar-refractivity contribution in [3.63, 3.8) is 0 Å². The number of nitrogens with one attached hydrogen (secondary N) is 1. The Hall–Kier alpha value is -2.82. The zero-order chi connectivity index (χ0) is 20.2. The molecule has 0 bridgehead atoms. The van der Waals surface area contributed by atoms with Gasteiger partial charge >= 0.3 is 0 Å². The third-order valence-electron chi connectivity index (χ3n) is 5.29. The van der Waals surface area contributed by atoms with E-state index < -0.39 is 16.1 Å². The molecule has 0 aliphatic carbocycles. The molecule has 2 N–H and O–H groups in total. The van der Waals surface area contributed by atoms with Crippen LogP contribution in [0.4, 0.5) is 0 Å². The average Bonchev–Trinajstić information content (AvgIpc) is 3.44. The van der Waals surface area contributed by atoms with Crippen LogP contribution in [0.3, 0.4) is 0 Å². The van der Waals surface area contributed by atoms with Crippen LogP contribution in [-0.4, -0.2) is 50.3 Å². The van der Waals surface area contributed by atoms with Gasteiger partial charge in [0.1, 0.15) is 17.4 Å². The van der Waals surface area contributed by atoms with Crippen LogP contribution in [0, 0.1) is 0 Å². The summed E-state index contributed by atoms with van der Waals surface area (Å²) in [6, 6.07) is 8.27. The Bertz CT molecular complexity index is 1300. The highest BCUT2D eigenvalue weighted by Gasteiger charge is 2.28. The van der Waals surface area contributed by atoms with E-state index in [2.05, 4.69) is 20.4 Å². The number of benzene rings is 1. The van der Waals surface area contributed by atoms with Gasteiger partial charge in [-0.05, 0) is 32.0 Å². The van der Waals surface area contributed by atoms with Gasteiger partial charge in [0.15, 0.2) is 5.65 Å². The highest BCUT2D eigenvalue weighted by atomic mass is 32.2. The van der Waals surface area contributed by atoms with Gasteiger partial charge in [-0.1, -0.05) is 18.2 Å². The molecular weight excluding hydrogens is 392 g/mol. The monoisotopic (exact) mass is 412 g/mol. The van der Waals surface area contributed by atoms with Gasteiger partial charge in [0, 0.05) is 12.6 Å². The fraction of sp³-hybridized carbons (Fsp3) is 0.316. The number of fused-ring (bicyclic) bond motifs is 3. The van der Waals surface area contributed by atoms with E-state index in [1.54, 1.807) is 31.3 Å². The summed E-state index contributed by atoms with van der Waals surface area (Å²) >= 11 is 0. The van der Waals surface area contributed by atoms with Gasteiger partial charge in [0.05, 0.1) is 28.2 Å². The van der Waals surface area contributed by atoms with Gasteiger partial charge in [-0.25, -0.2) is 9.97 Å². The first-order chi connectivity index (χ1) is 14.0. The number of pyridine rings is 1. The predicted octanol–water partition coefficient (Wildman–Crippen LogP) is 1.61. The van der Waals surface area contributed by atoms with E-state index in [1.807, 2.05) is 4.57 Å². The van der Waals surface area contributed by atoms with Gasteiger partial charge in [-0.2, -0.15) is 13.5 Å². The molecule has 0 amide bonds. The quantitative estimate of drug-likeness (QED) is 0.523. The molecule has 2 atom stereocenters. The molecule has 1 aromatic carbocycles. The zero-order valence-corrected chi connectivity index (χ0v) is 16.5. The molecule has 29 heavy (non-hydrogen) atoms. The van der Waals surface area contributed by atoms with E-state index in [9.17, 15) is 13.5 Å². The fourth-order valence-corrected chi connectivity index (χ4v) is 5.20. The number of imidazole rings is 1. The molecule has 150 valence electrons. The SMILES string of the molecule is CC(O)c1nc2cnc3c(cnn3S(=O)(=O)c3ccccc3)c2n1[C@H]1CCNC1. The van der Waals surface area contributed by atoms with Crippen molar-refractivity contribution in [2.45, 2.75) is 30.4 Å². The number of aliphatic hydroxyl groups is 1. The highest BCUT2D eigenvalue weighted by Crippen LogP contribution is 2.32. The standard InChI is InChI=1S/C19H20N6O3S/c1-12(26)18-23-16-11-21-19-15(17(16)24(18)13-7-8-20-9-13)10-22-25(19)29(27,28)14-5-3-2-4-6-14/h2-6,10-13,20,26H,7-9H2,1H3/t12?,13-/m0/s1. The lowest BCUT2D eigenvalue weighted by atomic mass is 10.2. The number of hydrogen-bond donors (Lipinski definition) is 2. The van der Waals surface area contributed by atoms with Crippen molar-refractivity contribution >= 4 is 32.1 Å². The first-order valence-electron chi connectivity index (χ1n) is 9.42. The molecule has 9 nitrogen and oxygen atoms in total. The molecule has 1 saturated heterocycles. The smallest absolute Gasteiger partial charge is 0.284 e. The minimum atomic E-state index is -3.88. The van der Waals surface area contributed by atoms with Crippen molar-refractivity contribution in [1.82, 2.24) is 29.0 Å². The molecule has 0 radical (unpaired) electrons. The number of nitrogens with zero attached hydrogens (tertiary/aromatic N) is 5. The maximum atomic E-state index is 13.1. The van der Waals surface area contributed by atoms with Crippen molar-refractivity contribution in [2.24, 2.45) is 0 Å². The largest absolute Gasteiger partial charge is 0.385 e. The molecule has 1 aliphatic heterocycles. The second kappa shape index (κ2) is 6.61. The molecule has 3 aromatic heterocycles. The zero-order valence-electron chi connectivity index (χ0n) is 15.7. The Morgan fingerprint density at radius 3 is 2.72 bits per heavy atom. The van der Waals surface area contributed by atoms with Crippen LogP contribution in [0.1, 0.15) is 31.3 Å². The minimum Gasteiger partial charge on any atom is -0.385 e. The van der Waals surface area contributed by atoms with Gasteiger partial charge in [-0.15, -0.1) is 4.09 Å². The molecule has 4 aromatic rings. The van der Waals surface area contributed by atoms with E-state index in [-0.39, 0.29) is 16.6 Å². The van der Waals surface area contributed by atoms with Crippen LogP contribution in [-0.2, 0) is 10.0 Å². The molecule has 4 heterocycles. The van der Waals surface area contributed by atoms with Gasteiger partial charge in [0.2, 0.25) is 0 Å². The van der Waals surface area contributed by atoms with Crippen molar-refractivity contribution in [3.8, 4) is 0 Å². The van der Waals surface area contributed by atoms with Crippen LogP contribution in [0.25, 0.3) is 22.1 Å². The highest BCUT2D eigenvalue weighted by molar-refractivity contribution is 7.90.